The molecule has 2 N–H and O–H groups in total. The van der Waals surface area contributed by atoms with Gasteiger partial charge in [-0.2, -0.15) is 0 Å². The summed E-state index contributed by atoms with van der Waals surface area (Å²) in [6, 6.07) is 7.11. The Bertz CT molecular complexity index is 359. The number of alkyl halides is 1. The highest BCUT2D eigenvalue weighted by atomic mass is 19.1. The van der Waals surface area contributed by atoms with E-state index in [1.165, 1.54) is 0 Å². The Kier molecular flexibility index (Phi) is 3.58. The van der Waals surface area contributed by atoms with Crippen molar-refractivity contribution in [2.24, 2.45) is 11.1 Å². The summed E-state index contributed by atoms with van der Waals surface area (Å²) in [5, 5.41) is 0. The zero-order chi connectivity index (χ0) is 12.4. The number of ether oxygens (including phenoxy) is 1. The SMILES string of the molecule is COc1ccccc1C(F)(CN)C(C)(C)C. The van der Waals surface area contributed by atoms with Gasteiger partial charge in [-0.05, 0) is 6.07 Å². The van der Waals surface area contributed by atoms with E-state index >= 15 is 4.39 Å². The number of para-hydroxylation sites is 1. The van der Waals surface area contributed by atoms with E-state index in [4.69, 9.17) is 10.5 Å². The first-order chi connectivity index (χ1) is 7.36. The molecule has 0 amide bonds. The molecule has 1 aromatic rings. The van der Waals surface area contributed by atoms with Crippen LogP contribution >= 0.6 is 0 Å². The van der Waals surface area contributed by atoms with Crippen LogP contribution < -0.4 is 10.5 Å². The van der Waals surface area contributed by atoms with Crippen LogP contribution in [-0.4, -0.2) is 13.7 Å². The Morgan fingerprint density at radius 3 is 2.25 bits per heavy atom. The molecular formula is C13H20FNO. The lowest BCUT2D eigenvalue weighted by Crippen LogP contribution is -2.42. The predicted octanol–water partition coefficient (Wildman–Crippen LogP) is 2.86. The summed E-state index contributed by atoms with van der Waals surface area (Å²) in [5.41, 5.74) is 3.98. The van der Waals surface area contributed by atoms with Gasteiger partial charge in [-0.1, -0.05) is 39.0 Å². The fourth-order valence-electron chi connectivity index (χ4n) is 1.79. The third-order valence-electron chi connectivity index (χ3n) is 3.00. The van der Waals surface area contributed by atoms with Crippen molar-refractivity contribution in [1.29, 1.82) is 0 Å². The maximum Gasteiger partial charge on any atom is 0.156 e. The minimum atomic E-state index is -1.58. The van der Waals surface area contributed by atoms with Gasteiger partial charge in [0.1, 0.15) is 5.75 Å². The molecule has 0 spiro atoms. The molecule has 0 aliphatic heterocycles. The highest BCUT2D eigenvalue weighted by Gasteiger charge is 2.44. The summed E-state index contributed by atoms with van der Waals surface area (Å²) in [4.78, 5) is 0. The van der Waals surface area contributed by atoms with E-state index in [2.05, 4.69) is 0 Å². The Morgan fingerprint density at radius 1 is 1.25 bits per heavy atom. The molecule has 0 aliphatic rings. The number of benzene rings is 1. The third kappa shape index (κ3) is 2.05. The van der Waals surface area contributed by atoms with E-state index in [0.29, 0.717) is 11.3 Å². The molecule has 90 valence electrons. The molecule has 1 rings (SSSR count). The molecule has 1 atom stereocenters. The second kappa shape index (κ2) is 4.42. The average molecular weight is 225 g/mol. The number of nitrogens with two attached hydrogens (primary N) is 1. The quantitative estimate of drug-likeness (QED) is 0.858. The summed E-state index contributed by atoms with van der Waals surface area (Å²) in [6.45, 7) is 5.46. The van der Waals surface area contributed by atoms with E-state index < -0.39 is 11.1 Å². The molecule has 0 saturated heterocycles. The summed E-state index contributed by atoms with van der Waals surface area (Å²) in [7, 11) is 1.54. The fourth-order valence-corrected chi connectivity index (χ4v) is 1.79. The molecule has 0 aromatic heterocycles. The lowest BCUT2D eigenvalue weighted by atomic mass is 9.73. The fraction of sp³-hybridized carbons (Fsp3) is 0.538. The number of halogens is 1. The van der Waals surface area contributed by atoms with Gasteiger partial charge in [-0.15, -0.1) is 0 Å². The minimum absolute atomic E-state index is 0.0587. The van der Waals surface area contributed by atoms with Gasteiger partial charge in [0.05, 0.1) is 7.11 Å². The molecule has 1 unspecified atom stereocenters. The first-order valence-electron chi connectivity index (χ1n) is 5.39. The van der Waals surface area contributed by atoms with Crippen LogP contribution in [0.3, 0.4) is 0 Å². The molecule has 0 heterocycles. The molecule has 16 heavy (non-hydrogen) atoms. The number of rotatable bonds is 3. The summed E-state index contributed by atoms with van der Waals surface area (Å²) < 4.78 is 20.2. The third-order valence-corrected chi connectivity index (χ3v) is 3.00. The molecule has 0 saturated carbocycles. The van der Waals surface area contributed by atoms with Crippen molar-refractivity contribution in [2.75, 3.05) is 13.7 Å². The molecular weight excluding hydrogens is 205 g/mol. The predicted molar refractivity (Wildman–Crippen MR) is 64.3 cm³/mol. The number of hydrogen-bond donors (Lipinski definition) is 1. The zero-order valence-electron chi connectivity index (χ0n) is 10.4. The van der Waals surface area contributed by atoms with Gasteiger partial charge in [0, 0.05) is 17.5 Å². The van der Waals surface area contributed by atoms with Crippen molar-refractivity contribution < 1.29 is 9.13 Å². The summed E-state index contributed by atoms with van der Waals surface area (Å²) in [6.07, 6.45) is 0. The second-order valence-corrected chi connectivity index (χ2v) is 4.96. The van der Waals surface area contributed by atoms with Crippen LogP contribution in [0.2, 0.25) is 0 Å². The van der Waals surface area contributed by atoms with Crippen LogP contribution in [-0.2, 0) is 5.67 Å². The highest BCUT2D eigenvalue weighted by molar-refractivity contribution is 5.39. The van der Waals surface area contributed by atoms with Crippen molar-refractivity contribution in [3.05, 3.63) is 29.8 Å². The van der Waals surface area contributed by atoms with Crippen LogP contribution in [0, 0.1) is 5.41 Å². The molecule has 2 nitrogen and oxygen atoms in total. The smallest absolute Gasteiger partial charge is 0.156 e. The van der Waals surface area contributed by atoms with Gasteiger partial charge < -0.3 is 10.5 Å². The zero-order valence-corrected chi connectivity index (χ0v) is 10.4. The van der Waals surface area contributed by atoms with Gasteiger partial charge in [0.15, 0.2) is 5.67 Å². The first-order valence-corrected chi connectivity index (χ1v) is 5.39. The highest BCUT2D eigenvalue weighted by Crippen LogP contribution is 2.45. The van der Waals surface area contributed by atoms with E-state index in [-0.39, 0.29) is 6.54 Å². The van der Waals surface area contributed by atoms with Gasteiger partial charge in [0.25, 0.3) is 0 Å². The Hall–Kier alpha value is -1.09. The Morgan fingerprint density at radius 2 is 1.81 bits per heavy atom. The number of methoxy groups -OCH3 is 1. The summed E-state index contributed by atoms with van der Waals surface area (Å²) >= 11 is 0. The van der Waals surface area contributed by atoms with Crippen LogP contribution in [0.1, 0.15) is 26.3 Å². The Labute approximate surface area is 96.6 Å². The normalized spacial score (nSPS) is 15.6. The molecule has 0 radical (unpaired) electrons. The van der Waals surface area contributed by atoms with Crippen LogP contribution in [0.25, 0.3) is 0 Å². The van der Waals surface area contributed by atoms with E-state index in [1.807, 2.05) is 26.8 Å². The molecule has 0 aliphatic carbocycles. The van der Waals surface area contributed by atoms with Gasteiger partial charge in [-0.25, -0.2) is 4.39 Å². The van der Waals surface area contributed by atoms with Crippen molar-refractivity contribution in [3.63, 3.8) is 0 Å². The van der Waals surface area contributed by atoms with Gasteiger partial charge >= 0.3 is 0 Å². The molecule has 0 bridgehead atoms. The summed E-state index contributed by atoms with van der Waals surface area (Å²) in [5.74, 6) is 0.547. The molecule has 3 heteroatoms. The topological polar surface area (TPSA) is 35.2 Å². The van der Waals surface area contributed by atoms with Crippen LogP contribution in [0.15, 0.2) is 24.3 Å². The van der Waals surface area contributed by atoms with Gasteiger partial charge in [0.2, 0.25) is 0 Å². The minimum Gasteiger partial charge on any atom is -0.496 e. The lowest BCUT2D eigenvalue weighted by Gasteiger charge is -2.37. The monoisotopic (exact) mass is 225 g/mol. The molecule has 0 fully saturated rings. The first kappa shape index (κ1) is 13.0. The maximum absolute atomic E-state index is 15.0. The standard InChI is InChI=1S/C13H20FNO/c1-12(2,3)13(14,9-15)10-7-5-6-8-11(10)16-4/h5-8H,9,15H2,1-4H3. The van der Waals surface area contributed by atoms with Crippen LogP contribution in [0.4, 0.5) is 4.39 Å². The molecule has 1 aromatic carbocycles. The lowest BCUT2D eigenvalue weighted by molar-refractivity contribution is 0.0319. The maximum atomic E-state index is 15.0. The van der Waals surface area contributed by atoms with E-state index in [9.17, 15) is 0 Å². The second-order valence-electron chi connectivity index (χ2n) is 4.96. The van der Waals surface area contributed by atoms with Crippen molar-refractivity contribution >= 4 is 0 Å². The number of hydrogen-bond acceptors (Lipinski definition) is 2. The average Bonchev–Trinajstić information content (AvgIpc) is 2.26. The van der Waals surface area contributed by atoms with E-state index in [1.54, 1.807) is 25.3 Å². The van der Waals surface area contributed by atoms with Crippen molar-refractivity contribution in [2.45, 2.75) is 26.4 Å². The Balaban J connectivity index is 3.33. The van der Waals surface area contributed by atoms with Crippen molar-refractivity contribution in [3.8, 4) is 5.75 Å². The largest absolute Gasteiger partial charge is 0.496 e. The van der Waals surface area contributed by atoms with Crippen LogP contribution in [0.5, 0.6) is 5.75 Å². The van der Waals surface area contributed by atoms with Crippen molar-refractivity contribution in [1.82, 2.24) is 0 Å². The van der Waals surface area contributed by atoms with Gasteiger partial charge in [-0.3, -0.25) is 0 Å². The van der Waals surface area contributed by atoms with E-state index in [0.717, 1.165) is 0 Å².